The van der Waals surface area contributed by atoms with Gasteiger partial charge >= 0.3 is 0 Å². The summed E-state index contributed by atoms with van der Waals surface area (Å²) in [5.41, 5.74) is 7.32. The minimum atomic E-state index is 0.105. The number of piperidine rings is 1. The Bertz CT molecular complexity index is 417. The van der Waals surface area contributed by atoms with Gasteiger partial charge in [-0.1, -0.05) is 0 Å². The van der Waals surface area contributed by atoms with Crippen molar-refractivity contribution in [1.29, 1.82) is 0 Å². The number of nitrogens with two attached hydrogens (primary N) is 1. The van der Waals surface area contributed by atoms with Crippen LogP contribution in [-0.2, 0) is 0 Å². The summed E-state index contributed by atoms with van der Waals surface area (Å²) in [5, 5.41) is 0. The van der Waals surface area contributed by atoms with E-state index in [1.165, 1.54) is 6.42 Å². The second-order valence-electron chi connectivity index (χ2n) is 5.09. The smallest absolute Gasteiger partial charge is 0.255 e. The van der Waals surface area contributed by atoms with E-state index in [2.05, 4.69) is 4.98 Å². The van der Waals surface area contributed by atoms with Gasteiger partial charge in [-0.25, -0.2) is 0 Å². The van der Waals surface area contributed by atoms with Crippen LogP contribution in [0.15, 0.2) is 18.5 Å². The van der Waals surface area contributed by atoms with Gasteiger partial charge in [0, 0.05) is 25.5 Å². The molecular formula is C14H21N3O. The van der Waals surface area contributed by atoms with Gasteiger partial charge in [-0.2, -0.15) is 0 Å². The maximum absolute atomic E-state index is 12.4. The number of hydrogen-bond acceptors (Lipinski definition) is 3. The van der Waals surface area contributed by atoms with E-state index in [1.54, 1.807) is 12.4 Å². The van der Waals surface area contributed by atoms with Crippen molar-refractivity contribution in [2.45, 2.75) is 26.2 Å². The molecule has 2 rings (SSSR count). The summed E-state index contributed by atoms with van der Waals surface area (Å²) >= 11 is 0. The van der Waals surface area contributed by atoms with Crippen LogP contribution in [0.2, 0.25) is 0 Å². The van der Waals surface area contributed by atoms with Crippen molar-refractivity contribution < 1.29 is 4.79 Å². The Morgan fingerprint density at radius 1 is 1.56 bits per heavy atom. The van der Waals surface area contributed by atoms with Crippen LogP contribution in [0.25, 0.3) is 0 Å². The van der Waals surface area contributed by atoms with Gasteiger partial charge in [0.1, 0.15) is 0 Å². The average Bonchev–Trinajstić information content (AvgIpc) is 2.39. The Balaban J connectivity index is 2.04. The molecule has 0 aliphatic carbocycles. The lowest BCUT2D eigenvalue weighted by Crippen LogP contribution is -2.40. The lowest BCUT2D eigenvalue weighted by molar-refractivity contribution is 0.0669. The summed E-state index contributed by atoms with van der Waals surface area (Å²) in [4.78, 5) is 18.4. The molecule has 2 N–H and O–H groups in total. The molecule has 0 radical (unpaired) electrons. The van der Waals surface area contributed by atoms with Crippen LogP contribution in [-0.4, -0.2) is 35.4 Å². The summed E-state index contributed by atoms with van der Waals surface area (Å²) in [6.07, 6.45) is 6.70. The molecule has 1 aliphatic heterocycles. The number of aromatic nitrogens is 1. The summed E-state index contributed by atoms with van der Waals surface area (Å²) in [5.74, 6) is 0.665. The van der Waals surface area contributed by atoms with Gasteiger partial charge in [0.25, 0.3) is 5.91 Å². The van der Waals surface area contributed by atoms with Crippen molar-refractivity contribution >= 4 is 5.91 Å². The normalized spacial score (nSPS) is 19.9. The fraction of sp³-hybridized carbons (Fsp3) is 0.571. The molecule has 1 aromatic rings. The van der Waals surface area contributed by atoms with Crippen LogP contribution in [0, 0.1) is 12.8 Å². The Hall–Kier alpha value is -1.42. The molecule has 0 aromatic carbocycles. The standard InChI is InChI=1S/C14H21N3O/c1-11-7-13(9-16-8-11)14(18)17-6-2-3-12(10-17)4-5-15/h7-9,12H,2-6,10,15H2,1H3. The van der Waals surface area contributed by atoms with Crippen LogP contribution in [0.4, 0.5) is 0 Å². The number of rotatable bonds is 3. The molecule has 1 atom stereocenters. The number of carbonyl (C=O) groups is 1. The van der Waals surface area contributed by atoms with Gasteiger partial charge < -0.3 is 10.6 Å². The van der Waals surface area contributed by atoms with Gasteiger partial charge in [0.05, 0.1) is 5.56 Å². The second kappa shape index (κ2) is 5.96. The highest BCUT2D eigenvalue weighted by Crippen LogP contribution is 2.20. The third kappa shape index (κ3) is 3.07. The van der Waals surface area contributed by atoms with E-state index < -0.39 is 0 Å². The first-order valence-corrected chi connectivity index (χ1v) is 6.61. The molecule has 2 heterocycles. The molecule has 0 saturated carbocycles. The van der Waals surface area contributed by atoms with E-state index in [0.717, 1.165) is 31.5 Å². The molecule has 1 fully saturated rings. The number of nitrogens with zero attached hydrogens (tertiary/aromatic N) is 2. The van der Waals surface area contributed by atoms with E-state index in [1.807, 2.05) is 17.9 Å². The quantitative estimate of drug-likeness (QED) is 0.882. The van der Waals surface area contributed by atoms with Gasteiger partial charge in [0.2, 0.25) is 0 Å². The molecule has 1 unspecified atom stereocenters. The zero-order chi connectivity index (χ0) is 13.0. The van der Waals surface area contributed by atoms with E-state index in [9.17, 15) is 4.79 Å². The molecule has 1 amide bonds. The molecule has 1 saturated heterocycles. The van der Waals surface area contributed by atoms with E-state index >= 15 is 0 Å². The second-order valence-corrected chi connectivity index (χ2v) is 5.09. The maximum atomic E-state index is 12.4. The summed E-state index contributed by atoms with van der Waals surface area (Å²) in [7, 11) is 0. The van der Waals surface area contributed by atoms with Crippen LogP contribution in [0.3, 0.4) is 0 Å². The van der Waals surface area contributed by atoms with Crippen molar-refractivity contribution in [3.8, 4) is 0 Å². The number of likely N-dealkylation sites (tertiary alicyclic amines) is 1. The molecule has 1 aromatic heterocycles. The largest absolute Gasteiger partial charge is 0.338 e. The Labute approximate surface area is 108 Å². The van der Waals surface area contributed by atoms with Crippen molar-refractivity contribution in [2.24, 2.45) is 11.7 Å². The molecule has 0 spiro atoms. The first-order chi connectivity index (χ1) is 8.70. The van der Waals surface area contributed by atoms with Gasteiger partial charge in [-0.05, 0) is 50.3 Å². The molecule has 1 aliphatic rings. The third-order valence-corrected chi connectivity index (χ3v) is 3.50. The zero-order valence-corrected chi connectivity index (χ0v) is 10.9. The maximum Gasteiger partial charge on any atom is 0.255 e. The van der Waals surface area contributed by atoms with Crippen LogP contribution >= 0.6 is 0 Å². The molecule has 4 heteroatoms. The Morgan fingerprint density at radius 2 is 2.39 bits per heavy atom. The number of pyridine rings is 1. The van der Waals surface area contributed by atoms with Crippen molar-refractivity contribution in [3.05, 3.63) is 29.6 Å². The fourth-order valence-electron chi connectivity index (χ4n) is 2.58. The summed E-state index contributed by atoms with van der Waals surface area (Å²) < 4.78 is 0. The minimum Gasteiger partial charge on any atom is -0.338 e. The Kier molecular flexibility index (Phi) is 4.31. The lowest BCUT2D eigenvalue weighted by Gasteiger charge is -2.32. The van der Waals surface area contributed by atoms with E-state index in [-0.39, 0.29) is 5.91 Å². The molecular weight excluding hydrogens is 226 g/mol. The first-order valence-electron chi connectivity index (χ1n) is 6.61. The predicted molar refractivity (Wildman–Crippen MR) is 71.3 cm³/mol. The number of amides is 1. The molecule has 98 valence electrons. The van der Waals surface area contributed by atoms with Crippen LogP contribution in [0.5, 0.6) is 0 Å². The first kappa shape index (κ1) is 13.0. The number of carbonyl (C=O) groups excluding carboxylic acids is 1. The van der Waals surface area contributed by atoms with Gasteiger partial charge in [-0.3, -0.25) is 9.78 Å². The van der Waals surface area contributed by atoms with Gasteiger partial charge in [0.15, 0.2) is 0 Å². The monoisotopic (exact) mass is 247 g/mol. The number of aryl methyl sites for hydroxylation is 1. The van der Waals surface area contributed by atoms with Crippen molar-refractivity contribution in [3.63, 3.8) is 0 Å². The summed E-state index contributed by atoms with van der Waals surface area (Å²) in [6, 6.07) is 1.90. The third-order valence-electron chi connectivity index (χ3n) is 3.50. The van der Waals surface area contributed by atoms with Gasteiger partial charge in [-0.15, -0.1) is 0 Å². The highest BCUT2D eigenvalue weighted by atomic mass is 16.2. The van der Waals surface area contributed by atoms with Crippen LogP contribution in [0.1, 0.15) is 35.2 Å². The van der Waals surface area contributed by atoms with E-state index in [4.69, 9.17) is 5.73 Å². The predicted octanol–water partition coefficient (Wildman–Crippen LogP) is 1.59. The van der Waals surface area contributed by atoms with Crippen LogP contribution < -0.4 is 5.73 Å². The average molecular weight is 247 g/mol. The fourth-order valence-corrected chi connectivity index (χ4v) is 2.58. The summed E-state index contributed by atoms with van der Waals surface area (Å²) in [6.45, 7) is 4.35. The number of hydrogen-bond donors (Lipinski definition) is 1. The minimum absolute atomic E-state index is 0.105. The van der Waals surface area contributed by atoms with Crippen molar-refractivity contribution in [2.75, 3.05) is 19.6 Å². The molecule has 18 heavy (non-hydrogen) atoms. The lowest BCUT2D eigenvalue weighted by atomic mass is 9.94. The van der Waals surface area contributed by atoms with Crippen molar-refractivity contribution in [1.82, 2.24) is 9.88 Å². The van der Waals surface area contributed by atoms with E-state index in [0.29, 0.717) is 18.0 Å². The zero-order valence-electron chi connectivity index (χ0n) is 10.9. The highest BCUT2D eigenvalue weighted by molar-refractivity contribution is 5.94. The highest BCUT2D eigenvalue weighted by Gasteiger charge is 2.24. The SMILES string of the molecule is Cc1cncc(C(=O)N2CCCC(CCN)C2)c1. The molecule has 4 nitrogen and oxygen atoms in total. The Morgan fingerprint density at radius 3 is 3.11 bits per heavy atom. The molecule has 0 bridgehead atoms. The topological polar surface area (TPSA) is 59.2 Å².